The van der Waals surface area contributed by atoms with Crippen molar-refractivity contribution in [2.45, 2.75) is 13.8 Å². The van der Waals surface area contributed by atoms with Crippen LogP contribution in [-0.4, -0.2) is 6.54 Å². The van der Waals surface area contributed by atoms with Crippen LogP contribution >= 0.6 is 0 Å². The number of rotatable bonds is 4. The van der Waals surface area contributed by atoms with Crippen molar-refractivity contribution < 1.29 is 0 Å². The lowest BCUT2D eigenvalue weighted by Gasteiger charge is -2.09. The van der Waals surface area contributed by atoms with E-state index in [1.54, 1.807) is 0 Å². The number of aryl methyl sites for hydroxylation is 1. The highest BCUT2D eigenvalue weighted by Gasteiger charge is 2.05. The van der Waals surface area contributed by atoms with Gasteiger partial charge in [-0.3, -0.25) is 0 Å². The summed E-state index contributed by atoms with van der Waals surface area (Å²) in [6.45, 7) is 4.82. The Morgan fingerprint density at radius 2 is 1.74 bits per heavy atom. The Morgan fingerprint density at radius 3 is 2.52 bits per heavy atom. The van der Waals surface area contributed by atoms with Gasteiger partial charge >= 0.3 is 0 Å². The number of anilines is 2. The molecule has 116 valence electrons. The monoisotopic (exact) mass is 304 g/mol. The van der Waals surface area contributed by atoms with Crippen molar-refractivity contribution in [3.8, 4) is 0 Å². The molecule has 3 rings (SSSR count). The highest BCUT2D eigenvalue weighted by atomic mass is 15.1. The van der Waals surface area contributed by atoms with E-state index in [0.717, 1.165) is 40.2 Å². The number of azo groups is 1. The number of fused-ring (bicyclic) bond motifs is 1. The molecule has 0 fully saturated rings. The second-order valence-electron chi connectivity index (χ2n) is 5.49. The highest BCUT2D eigenvalue weighted by Crippen LogP contribution is 2.32. The van der Waals surface area contributed by atoms with Gasteiger partial charge in [-0.05, 0) is 54.4 Å². The van der Waals surface area contributed by atoms with Gasteiger partial charge in [0.1, 0.15) is 5.69 Å². The van der Waals surface area contributed by atoms with Crippen molar-refractivity contribution >= 4 is 33.5 Å². The first-order chi connectivity index (χ1) is 11.2. The van der Waals surface area contributed by atoms with Crippen LogP contribution in [0.1, 0.15) is 12.5 Å². The van der Waals surface area contributed by atoms with Crippen LogP contribution in [-0.2, 0) is 0 Å². The molecule has 0 aromatic heterocycles. The van der Waals surface area contributed by atoms with Gasteiger partial charge in [0.15, 0.2) is 0 Å². The Hall–Kier alpha value is -2.88. The second-order valence-corrected chi connectivity index (χ2v) is 5.49. The highest BCUT2D eigenvalue weighted by molar-refractivity contribution is 5.85. The molecule has 0 aliphatic carbocycles. The van der Waals surface area contributed by atoms with Crippen LogP contribution in [0.15, 0.2) is 64.8 Å². The van der Waals surface area contributed by atoms with Gasteiger partial charge in [0.2, 0.25) is 0 Å². The van der Waals surface area contributed by atoms with E-state index in [0.29, 0.717) is 0 Å². The lowest BCUT2D eigenvalue weighted by molar-refractivity contribution is 1.18. The van der Waals surface area contributed by atoms with E-state index in [1.165, 1.54) is 5.39 Å². The van der Waals surface area contributed by atoms with Crippen molar-refractivity contribution in [2.24, 2.45) is 10.2 Å². The second kappa shape index (κ2) is 6.48. The number of nitrogens with two attached hydrogens (primary N) is 1. The van der Waals surface area contributed by atoms with E-state index in [9.17, 15) is 0 Å². The predicted molar refractivity (Wildman–Crippen MR) is 97.9 cm³/mol. The summed E-state index contributed by atoms with van der Waals surface area (Å²) in [6.07, 6.45) is 0. The van der Waals surface area contributed by atoms with Crippen molar-refractivity contribution in [3.05, 3.63) is 60.2 Å². The SMILES string of the molecule is CCNc1cc(N)c(C)cc1N=Nc1ccc2ccccc2c1. The molecule has 3 aromatic carbocycles. The van der Waals surface area contributed by atoms with Crippen molar-refractivity contribution in [2.75, 3.05) is 17.6 Å². The number of hydrogen-bond acceptors (Lipinski definition) is 4. The maximum Gasteiger partial charge on any atom is 0.109 e. The molecule has 0 amide bonds. The number of nitrogens with zero attached hydrogens (tertiary/aromatic N) is 2. The average molecular weight is 304 g/mol. The molecule has 0 saturated carbocycles. The lowest BCUT2D eigenvalue weighted by atomic mass is 10.1. The minimum atomic E-state index is 0.755. The third-order valence-electron chi connectivity index (χ3n) is 3.76. The molecular formula is C19H20N4. The first-order valence-corrected chi connectivity index (χ1v) is 7.72. The quantitative estimate of drug-likeness (QED) is 0.488. The number of benzene rings is 3. The fourth-order valence-corrected chi connectivity index (χ4v) is 2.47. The third kappa shape index (κ3) is 3.31. The van der Waals surface area contributed by atoms with Crippen LogP contribution in [0.2, 0.25) is 0 Å². The normalized spacial score (nSPS) is 11.2. The molecule has 0 aliphatic rings. The third-order valence-corrected chi connectivity index (χ3v) is 3.76. The Morgan fingerprint density at radius 1 is 0.957 bits per heavy atom. The maximum absolute atomic E-state index is 5.98. The van der Waals surface area contributed by atoms with E-state index < -0.39 is 0 Å². The van der Waals surface area contributed by atoms with Crippen molar-refractivity contribution in [3.63, 3.8) is 0 Å². The predicted octanol–water partition coefficient (Wildman–Crippen LogP) is 5.58. The molecule has 3 aromatic rings. The Kier molecular flexibility index (Phi) is 4.24. The van der Waals surface area contributed by atoms with E-state index in [4.69, 9.17) is 5.73 Å². The van der Waals surface area contributed by atoms with Crippen LogP contribution in [0.4, 0.5) is 22.7 Å². The Bertz CT molecular complexity index is 868. The van der Waals surface area contributed by atoms with Gasteiger partial charge in [-0.1, -0.05) is 30.3 Å². The van der Waals surface area contributed by atoms with Crippen LogP contribution in [0, 0.1) is 6.92 Å². The average Bonchev–Trinajstić information content (AvgIpc) is 2.57. The summed E-state index contributed by atoms with van der Waals surface area (Å²) in [5, 5.41) is 14.4. The number of nitrogens with one attached hydrogen (secondary N) is 1. The molecular weight excluding hydrogens is 284 g/mol. The van der Waals surface area contributed by atoms with Crippen molar-refractivity contribution in [1.82, 2.24) is 0 Å². The van der Waals surface area contributed by atoms with Gasteiger partial charge < -0.3 is 11.1 Å². The van der Waals surface area contributed by atoms with Gasteiger partial charge in [0.05, 0.1) is 11.4 Å². The lowest BCUT2D eigenvalue weighted by Crippen LogP contribution is -1.99. The van der Waals surface area contributed by atoms with Gasteiger partial charge in [-0.2, -0.15) is 5.11 Å². The fourth-order valence-electron chi connectivity index (χ4n) is 2.47. The maximum atomic E-state index is 5.98. The zero-order valence-corrected chi connectivity index (χ0v) is 13.4. The Balaban J connectivity index is 1.96. The summed E-state index contributed by atoms with van der Waals surface area (Å²) in [5.41, 5.74) is 10.3. The molecule has 0 unspecified atom stereocenters. The summed E-state index contributed by atoms with van der Waals surface area (Å²) in [4.78, 5) is 0. The summed E-state index contributed by atoms with van der Waals surface area (Å²) >= 11 is 0. The molecule has 4 heteroatoms. The van der Waals surface area contributed by atoms with Crippen LogP contribution < -0.4 is 11.1 Å². The fraction of sp³-hybridized carbons (Fsp3) is 0.158. The summed E-state index contributed by atoms with van der Waals surface area (Å²) < 4.78 is 0. The first-order valence-electron chi connectivity index (χ1n) is 7.72. The van der Waals surface area contributed by atoms with E-state index in [1.807, 2.05) is 50.2 Å². The summed E-state index contributed by atoms with van der Waals surface area (Å²) in [5.74, 6) is 0. The van der Waals surface area contributed by atoms with Gasteiger partial charge in [-0.25, -0.2) is 0 Å². The molecule has 3 N–H and O–H groups in total. The topological polar surface area (TPSA) is 62.8 Å². The summed E-state index contributed by atoms with van der Waals surface area (Å²) in [6, 6.07) is 18.2. The molecule has 0 spiro atoms. The molecule has 23 heavy (non-hydrogen) atoms. The minimum absolute atomic E-state index is 0.755. The molecule has 0 aliphatic heterocycles. The number of nitrogen functional groups attached to an aromatic ring is 1. The van der Waals surface area contributed by atoms with Crippen LogP contribution in [0.5, 0.6) is 0 Å². The largest absolute Gasteiger partial charge is 0.398 e. The standard InChI is InChI=1S/C19H20N4/c1-3-21-18-12-17(20)13(2)10-19(18)23-22-16-9-8-14-6-4-5-7-15(14)11-16/h4-12,21H,3,20H2,1-2H3. The van der Waals surface area contributed by atoms with Crippen molar-refractivity contribution in [1.29, 1.82) is 0 Å². The minimum Gasteiger partial charge on any atom is -0.398 e. The van der Waals surface area contributed by atoms with E-state index in [2.05, 4.69) is 33.7 Å². The van der Waals surface area contributed by atoms with Gasteiger partial charge in [0, 0.05) is 12.2 Å². The Labute approximate surface area is 136 Å². The number of hydrogen-bond donors (Lipinski definition) is 2. The van der Waals surface area contributed by atoms with E-state index in [-0.39, 0.29) is 0 Å². The molecule has 0 saturated heterocycles. The molecule has 4 nitrogen and oxygen atoms in total. The van der Waals surface area contributed by atoms with Gasteiger partial charge in [0.25, 0.3) is 0 Å². The summed E-state index contributed by atoms with van der Waals surface area (Å²) in [7, 11) is 0. The molecule has 0 atom stereocenters. The zero-order chi connectivity index (χ0) is 16.2. The molecule has 0 heterocycles. The van der Waals surface area contributed by atoms with Crippen LogP contribution in [0.3, 0.4) is 0 Å². The molecule has 0 bridgehead atoms. The van der Waals surface area contributed by atoms with Gasteiger partial charge in [-0.15, -0.1) is 5.11 Å². The van der Waals surface area contributed by atoms with E-state index >= 15 is 0 Å². The first kappa shape index (κ1) is 15.0. The smallest absolute Gasteiger partial charge is 0.109 e. The van der Waals surface area contributed by atoms with Crippen LogP contribution in [0.25, 0.3) is 10.8 Å². The molecule has 0 radical (unpaired) electrons. The zero-order valence-electron chi connectivity index (χ0n) is 13.4.